The third kappa shape index (κ3) is 4.00. The molecule has 0 aromatic heterocycles. The van der Waals surface area contributed by atoms with Gasteiger partial charge < -0.3 is 4.43 Å². The van der Waals surface area contributed by atoms with E-state index in [1.807, 2.05) is 0 Å². The van der Waals surface area contributed by atoms with Gasteiger partial charge in [-0.1, -0.05) is 27.7 Å². The van der Waals surface area contributed by atoms with Gasteiger partial charge >= 0.3 is 0 Å². The first kappa shape index (κ1) is 15.6. The minimum absolute atomic E-state index is 0.331. The van der Waals surface area contributed by atoms with E-state index < -0.39 is 8.32 Å². The summed E-state index contributed by atoms with van der Waals surface area (Å²) < 4.78 is 6.49. The molecule has 102 valence electrons. The van der Waals surface area contributed by atoms with Crippen LogP contribution < -0.4 is 0 Å². The van der Waals surface area contributed by atoms with Crippen LogP contribution in [0.3, 0.4) is 0 Å². The zero-order chi connectivity index (χ0) is 13.3. The van der Waals surface area contributed by atoms with Crippen molar-refractivity contribution < 1.29 is 4.43 Å². The second kappa shape index (κ2) is 5.26. The molecule has 1 fully saturated rings. The van der Waals surface area contributed by atoms with Gasteiger partial charge in [0, 0.05) is 6.10 Å². The molecule has 1 nitrogen and oxygen atoms in total. The molecule has 0 saturated heterocycles. The van der Waals surface area contributed by atoms with E-state index in [1.165, 1.54) is 25.7 Å². The monoisotopic (exact) mass is 274 g/mol. The highest BCUT2D eigenvalue weighted by molar-refractivity contribution is 7.80. The van der Waals surface area contributed by atoms with E-state index in [9.17, 15) is 0 Å². The van der Waals surface area contributed by atoms with E-state index in [-0.39, 0.29) is 0 Å². The van der Waals surface area contributed by atoms with Crippen molar-refractivity contribution in [2.45, 2.75) is 77.6 Å². The maximum absolute atomic E-state index is 6.49. The highest BCUT2D eigenvalue weighted by atomic mass is 32.1. The molecule has 0 amide bonds. The zero-order valence-electron chi connectivity index (χ0n) is 12.5. The lowest BCUT2D eigenvalue weighted by Crippen LogP contribution is -2.45. The van der Waals surface area contributed by atoms with Crippen molar-refractivity contribution in [1.29, 1.82) is 0 Å². The predicted octanol–water partition coefficient (Wildman–Crippen LogP) is 4.89. The minimum atomic E-state index is -1.57. The summed E-state index contributed by atoms with van der Waals surface area (Å²) in [5.41, 5.74) is 0.455. The lowest BCUT2D eigenvalue weighted by Gasteiger charge is -2.43. The molecule has 0 aliphatic heterocycles. The van der Waals surface area contributed by atoms with E-state index in [0.717, 1.165) is 5.75 Å². The highest BCUT2D eigenvalue weighted by Gasteiger charge is 2.40. The van der Waals surface area contributed by atoms with Crippen molar-refractivity contribution in [3.8, 4) is 0 Å². The molecule has 0 radical (unpaired) electrons. The van der Waals surface area contributed by atoms with Crippen LogP contribution in [-0.2, 0) is 4.43 Å². The Balaban J connectivity index is 2.51. The molecule has 0 unspecified atom stereocenters. The van der Waals surface area contributed by atoms with Crippen molar-refractivity contribution in [2.75, 3.05) is 5.75 Å². The molecule has 3 heteroatoms. The quantitative estimate of drug-likeness (QED) is 0.569. The van der Waals surface area contributed by atoms with Crippen LogP contribution in [0.25, 0.3) is 0 Å². The van der Waals surface area contributed by atoms with Gasteiger partial charge in [0.2, 0.25) is 0 Å². The summed E-state index contributed by atoms with van der Waals surface area (Å²) in [5.74, 6) is 1.01. The molecule has 1 saturated carbocycles. The number of rotatable bonds is 3. The van der Waals surface area contributed by atoms with Crippen molar-refractivity contribution in [3.63, 3.8) is 0 Å². The van der Waals surface area contributed by atoms with Gasteiger partial charge in [-0.25, -0.2) is 0 Å². The standard InChI is InChI=1S/C14H30OSSi/c1-13(2,3)17(5,6)15-12-7-9-14(4,11-16)10-8-12/h12,16H,7-11H2,1-6H3. The Morgan fingerprint density at radius 1 is 1.24 bits per heavy atom. The molecule has 0 heterocycles. The molecule has 0 atom stereocenters. The predicted molar refractivity (Wildman–Crippen MR) is 82.5 cm³/mol. The molecule has 0 aromatic carbocycles. The summed E-state index contributed by atoms with van der Waals surface area (Å²) in [6, 6.07) is 0. The number of hydrogen-bond donors (Lipinski definition) is 1. The molecule has 0 aromatic rings. The lowest BCUT2D eigenvalue weighted by molar-refractivity contribution is 0.0896. The van der Waals surface area contributed by atoms with Crippen LogP contribution in [0.5, 0.6) is 0 Å². The summed E-state index contributed by atoms with van der Waals surface area (Å²) in [6.07, 6.45) is 5.50. The van der Waals surface area contributed by atoms with Crippen molar-refractivity contribution in [2.24, 2.45) is 5.41 Å². The van der Waals surface area contributed by atoms with Crippen LogP contribution >= 0.6 is 12.6 Å². The van der Waals surface area contributed by atoms with Gasteiger partial charge in [0.05, 0.1) is 0 Å². The van der Waals surface area contributed by atoms with Gasteiger partial charge in [0.25, 0.3) is 0 Å². The third-order valence-corrected chi connectivity index (χ3v) is 10.1. The topological polar surface area (TPSA) is 9.23 Å². The first-order valence-electron chi connectivity index (χ1n) is 6.88. The van der Waals surface area contributed by atoms with E-state index >= 15 is 0 Å². The maximum atomic E-state index is 6.49. The SMILES string of the molecule is CC1(CS)CCC(O[Si](C)(C)C(C)(C)C)CC1. The minimum Gasteiger partial charge on any atom is -0.414 e. The number of thiol groups is 1. The summed E-state index contributed by atoms with van der Waals surface area (Å²) in [7, 11) is -1.57. The van der Waals surface area contributed by atoms with Crippen LogP contribution in [0.4, 0.5) is 0 Å². The van der Waals surface area contributed by atoms with Crippen LogP contribution in [0, 0.1) is 5.41 Å². The Bertz CT molecular complexity index is 249. The van der Waals surface area contributed by atoms with Crippen LogP contribution in [0.15, 0.2) is 0 Å². The van der Waals surface area contributed by atoms with Crippen LogP contribution in [0.2, 0.25) is 18.1 Å². The Kier molecular flexibility index (Phi) is 4.82. The Labute approximate surface area is 114 Å². The largest absolute Gasteiger partial charge is 0.414 e. The van der Waals surface area contributed by atoms with Crippen molar-refractivity contribution in [1.82, 2.24) is 0 Å². The van der Waals surface area contributed by atoms with E-state index in [1.54, 1.807) is 0 Å². The molecule has 1 rings (SSSR count). The Hall–Kier alpha value is 0.527. The maximum Gasteiger partial charge on any atom is 0.192 e. The summed E-state index contributed by atoms with van der Waals surface area (Å²) in [6.45, 7) is 14.0. The van der Waals surface area contributed by atoms with Crippen molar-refractivity contribution in [3.05, 3.63) is 0 Å². The van der Waals surface area contributed by atoms with E-state index in [4.69, 9.17) is 4.43 Å². The molecule has 1 aliphatic carbocycles. The smallest absolute Gasteiger partial charge is 0.192 e. The molecule has 0 spiro atoms. The van der Waals surface area contributed by atoms with E-state index in [2.05, 4.69) is 53.4 Å². The fourth-order valence-electron chi connectivity index (χ4n) is 2.16. The molecular formula is C14H30OSSi. The number of hydrogen-bond acceptors (Lipinski definition) is 2. The summed E-state index contributed by atoms with van der Waals surface area (Å²) in [4.78, 5) is 0. The van der Waals surface area contributed by atoms with Gasteiger partial charge in [-0.15, -0.1) is 0 Å². The molecule has 0 bridgehead atoms. The van der Waals surface area contributed by atoms with Gasteiger partial charge in [0.15, 0.2) is 8.32 Å². The fraction of sp³-hybridized carbons (Fsp3) is 1.00. The normalized spacial score (nSPS) is 31.6. The average Bonchev–Trinajstić information content (AvgIpc) is 2.20. The lowest BCUT2D eigenvalue weighted by atomic mass is 9.76. The van der Waals surface area contributed by atoms with Crippen LogP contribution in [-0.4, -0.2) is 20.2 Å². The van der Waals surface area contributed by atoms with Crippen LogP contribution in [0.1, 0.15) is 53.4 Å². The fourth-order valence-corrected chi connectivity index (χ4v) is 3.90. The zero-order valence-corrected chi connectivity index (χ0v) is 14.4. The third-order valence-electron chi connectivity index (χ3n) is 4.79. The highest BCUT2D eigenvalue weighted by Crippen LogP contribution is 2.42. The van der Waals surface area contributed by atoms with Gasteiger partial charge in [-0.2, -0.15) is 12.6 Å². The Morgan fingerprint density at radius 3 is 2.06 bits per heavy atom. The van der Waals surface area contributed by atoms with Crippen molar-refractivity contribution >= 4 is 20.9 Å². The molecule has 1 aliphatic rings. The van der Waals surface area contributed by atoms with E-state index in [0.29, 0.717) is 16.6 Å². The first-order valence-corrected chi connectivity index (χ1v) is 10.4. The second-order valence-electron chi connectivity index (χ2n) is 7.55. The van der Waals surface area contributed by atoms with Gasteiger partial charge in [-0.05, 0) is 55.0 Å². The molecular weight excluding hydrogens is 244 g/mol. The average molecular weight is 275 g/mol. The van der Waals surface area contributed by atoms with Gasteiger partial charge in [0.1, 0.15) is 0 Å². The molecule has 17 heavy (non-hydrogen) atoms. The molecule has 0 N–H and O–H groups in total. The first-order chi connectivity index (χ1) is 7.60. The second-order valence-corrected chi connectivity index (χ2v) is 12.6. The summed E-state index contributed by atoms with van der Waals surface area (Å²) in [5, 5.41) is 0.331. The van der Waals surface area contributed by atoms with Gasteiger partial charge in [-0.3, -0.25) is 0 Å². The summed E-state index contributed by atoms with van der Waals surface area (Å²) >= 11 is 4.48. The Morgan fingerprint density at radius 2 is 1.71 bits per heavy atom.